The van der Waals surface area contributed by atoms with Crippen molar-refractivity contribution in [3.05, 3.63) is 68.2 Å². The van der Waals surface area contributed by atoms with E-state index in [1.165, 1.54) is 0 Å². The molecule has 1 aliphatic heterocycles. The van der Waals surface area contributed by atoms with Gasteiger partial charge in [-0.3, -0.25) is 9.47 Å². The maximum Gasteiger partial charge on any atom is 0.140 e. The predicted octanol–water partition coefficient (Wildman–Crippen LogP) is 5.18. The van der Waals surface area contributed by atoms with Crippen molar-refractivity contribution in [3.63, 3.8) is 0 Å². The van der Waals surface area contributed by atoms with Crippen LogP contribution in [0.3, 0.4) is 0 Å². The molecule has 0 radical (unpaired) electrons. The molecule has 1 aliphatic carbocycles. The average Bonchev–Trinajstić information content (AvgIpc) is 3.16. The van der Waals surface area contributed by atoms with Gasteiger partial charge in [-0.15, -0.1) is 10.2 Å². The number of aromatic nitrogens is 3. The smallest absolute Gasteiger partial charge is 0.140 e. The minimum absolute atomic E-state index is 0.161. The standard InChI is InChI=1S/C24H26Cl3N5O/c1-14-29-30-15(2)32(14)17-4-5-23(21(27)12-17)33-24-19-10-16(25)11-20(26)18(19)13-22(24)31-8-3-6-28-7-9-31/h4-5,10-12,22,24,28H,3,6-9,13H2,1-2H3/t22-,24+/m0/s1. The number of fused-ring (bicyclic) bond motifs is 1. The Balaban J connectivity index is 1.49. The summed E-state index contributed by atoms with van der Waals surface area (Å²) in [4.78, 5) is 2.50. The van der Waals surface area contributed by atoms with Crippen LogP contribution < -0.4 is 10.1 Å². The van der Waals surface area contributed by atoms with E-state index in [4.69, 9.17) is 39.5 Å². The van der Waals surface area contributed by atoms with Crippen LogP contribution >= 0.6 is 34.8 Å². The van der Waals surface area contributed by atoms with E-state index in [9.17, 15) is 0 Å². The van der Waals surface area contributed by atoms with Crippen LogP contribution in [0, 0.1) is 13.8 Å². The summed E-state index contributed by atoms with van der Waals surface area (Å²) < 4.78 is 8.60. The molecule has 2 aromatic carbocycles. The number of nitrogens with one attached hydrogen (secondary N) is 1. The first-order valence-corrected chi connectivity index (χ1v) is 12.3. The van der Waals surface area contributed by atoms with Crippen molar-refractivity contribution in [1.29, 1.82) is 0 Å². The molecule has 2 atom stereocenters. The van der Waals surface area contributed by atoms with Crippen LogP contribution in [0.1, 0.15) is 35.3 Å². The molecule has 2 heterocycles. The van der Waals surface area contributed by atoms with E-state index < -0.39 is 0 Å². The summed E-state index contributed by atoms with van der Waals surface area (Å²) in [7, 11) is 0. The van der Waals surface area contributed by atoms with Crippen molar-refractivity contribution >= 4 is 34.8 Å². The molecule has 1 N–H and O–H groups in total. The van der Waals surface area contributed by atoms with Gasteiger partial charge in [0, 0.05) is 28.7 Å². The van der Waals surface area contributed by atoms with Gasteiger partial charge < -0.3 is 10.1 Å². The van der Waals surface area contributed by atoms with Gasteiger partial charge in [0.15, 0.2) is 0 Å². The van der Waals surface area contributed by atoms with Crippen molar-refractivity contribution in [2.75, 3.05) is 26.2 Å². The maximum atomic E-state index is 6.72. The Kier molecular flexibility index (Phi) is 6.56. The molecule has 6 nitrogen and oxygen atoms in total. The molecule has 0 unspecified atom stereocenters. The Morgan fingerprint density at radius 3 is 2.52 bits per heavy atom. The summed E-state index contributed by atoms with van der Waals surface area (Å²) in [5, 5.41) is 13.6. The zero-order chi connectivity index (χ0) is 23.1. The van der Waals surface area contributed by atoms with E-state index in [0.29, 0.717) is 20.8 Å². The van der Waals surface area contributed by atoms with Gasteiger partial charge in [-0.25, -0.2) is 0 Å². The van der Waals surface area contributed by atoms with Crippen LogP contribution in [0.2, 0.25) is 15.1 Å². The van der Waals surface area contributed by atoms with Crippen molar-refractivity contribution in [1.82, 2.24) is 25.0 Å². The molecule has 1 aromatic heterocycles. The number of benzene rings is 2. The number of hydrogen-bond donors (Lipinski definition) is 1. The Hall–Kier alpha value is -1.83. The summed E-state index contributed by atoms with van der Waals surface area (Å²) in [5.41, 5.74) is 3.05. The summed E-state index contributed by atoms with van der Waals surface area (Å²) in [6, 6.07) is 9.75. The third-order valence-corrected chi connectivity index (χ3v) is 7.37. The van der Waals surface area contributed by atoms with E-state index in [2.05, 4.69) is 20.4 Å². The lowest BCUT2D eigenvalue weighted by Crippen LogP contribution is -2.42. The van der Waals surface area contributed by atoms with Crippen LogP contribution in [0.4, 0.5) is 0 Å². The van der Waals surface area contributed by atoms with Gasteiger partial charge in [-0.05, 0) is 75.7 Å². The fourth-order valence-corrected chi connectivity index (χ4v) is 5.79. The molecule has 0 spiro atoms. The normalized spacial score (nSPS) is 21.1. The van der Waals surface area contributed by atoms with Gasteiger partial charge in [0.2, 0.25) is 0 Å². The Bertz CT molecular complexity index is 1150. The quantitative estimate of drug-likeness (QED) is 0.528. The summed E-state index contributed by atoms with van der Waals surface area (Å²) >= 11 is 19.7. The molecule has 9 heteroatoms. The van der Waals surface area contributed by atoms with E-state index in [0.717, 1.165) is 67.5 Å². The fourth-order valence-electron chi connectivity index (χ4n) is 4.98. The molecule has 1 saturated heterocycles. The lowest BCUT2D eigenvalue weighted by Gasteiger charge is -2.32. The van der Waals surface area contributed by atoms with Crippen LogP contribution in [0.15, 0.2) is 30.3 Å². The van der Waals surface area contributed by atoms with Crippen LogP contribution in [0.5, 0.6) is 5.75 Å². The number of aryl methyl sites for hydroxylation is 2. The molecule has 5 rings (SSSR count). The molecule has 1 fully saturated rings. The number of nitrogens with zero attached hydrogens (tertiary/aromatic N) is 4. The van der Waals surface area contributed by atoms with Crippen molar-refractivity contribution in [3.8, 4) is 11.4 Å². The SMILES string of the molecule is Cc1nnc(C)n1-c1ccc(O[C@@H]2c3cc(Cl)cc(Cl)c3C[C@@H]2N2CCCNCC2)c(Cl)c1. The van der Waals surface area contributed by atoms with Crippen LogP contribution in [0.25, 0.3) is 5.69 Å². The summed E-state index contributed by atoms with van der Waals surface area (Å²) in [5.74, 6) is 2.25. The van der Waals surface area contributed by atoms with E-state index in [-0.39, 0.29) is 12.1 Å². The average molecular weight is 507 g/mol. The molecule has 174 valence electrons. The molecular weight excluding hydrogens is 481 g/mol. The minimum Gasteiger partial charge on any atom is -0.482 e. The first kappa shape index (κ1) is 22.9. The lowest BCUT2D eigenvalue weighted by molar-refractivity contribution is 0.0822. The van der Waals surface area contributed by atoms with Crippen molar-refractivity contribution < 1.29 is 4.74 Å². The number of hydrogen-bond acceptors (Lipinski definition) is 5. The highest BCUT2D eigenvalue weighted by molar-refractivity contribution is 6.35. The fraction of sp³-hybridized carbons (Fsp3) is 0.417. The third-order valence-electron chi connectivity index (χ3n) is 6.52. The number of ether oxygens (including phenoxy) is 1. The highest BCUT2D eigenvalue weighted by Gasteiger charge is 2.40. The molecule has 3 aromatic rings. The zero-order valence-electron chi connectivity index (χ0n) is 18.6. The maximum absolute atomic E-state index is 6.72. The summed E-state index contributed by atoms with van der Waals surface area (Å²) in [6.07, 6.45) is 1.71. The Labute approximate surface area is 208 Å². The van der Waals surface area contributed by atoms with Gasteiger partial charge in [-0.2, -0.15) is 0 Å². The second kappa shape index (κ2) is 9.43. The number of rotatable bonds is 4. The van der Waals surface area contributed by atoms with Gasteiger partial charge in [0.1, 0.15) is 23.5 Å². The van der Waals surface area contributed by atoms with Crippen LogP contribution in [-0.2, 0) is 6.42 Å². The predicted molar refractivity (Wildman–Crippen MR) is 132 cm³/mol. The minimum atomic E-state index is -0.212. The second-order valence-corrected chi connectivity index (χ2v) is 9.90. The highest BCUT2D eigenvalue weighted by Crippen LogP contribution is 2.44. The largest absolute Gasteiger partial charge is 0.482 e. The van der Waals surface area contributed by atoms with E-state index in [1.807, 2.05) is 48.7 Å². The molecule has 0 bridgehead atoms. The van der Waals surface area contributed by atoms with Crippen LogP contribution in [-0.4, -0.2) is 51.9 Å². The summed E-state index contributed by atoms with van der Waals surface area (Å²) in [6.45, 7) is 7.80. The monoisotopic (exact) mass is 505 g/mol. The van der Waals surface area contributed by atoms with Gasteiger partial charge in [-0.1, -0.05) is 34.8 Å². The number of halogens is 3. The molecule has 0 saturated carbocycles. The topological polar surface area (TPSA) is 55.2 Å². The zero-order valence-corrected chi connectivity index (χ0v) is 20.9. The molecule has 0 amide bonds. The first-order chi connectivity index (χ1) is 15.9. The molecule has 2 aliphatic rings. The first-order valence-electron chi connectivity index (χ1n) is 11.2. The second-order valence-electron chi connectivity index (χ2n) is 8.65. The highest BCUT2D eigenvalue weighted by atomic mass is 35.5. The molecular formula is C24H26Cl3N5O. The van der Waals surface area contributed by atoms with Gasteiger partial charge in [0.25, 0.3) is 0 Å². The van der Waals surface area contributed by atoms with Crippen molar-refractivity contribution in [2.45, 2.75) is 38.8 Å². The van der Waals surface area contributed by atoms with Gasteiger partial charge in [0.05, 0.1) is 16.8 Å². The van der Waals surface area contributed by atoms with E-state index >= 15 is 0 Å². The lowest BCUT2D eigenvalue weighted by atomic mass is 10.1. The molecule has 33 heavy (non-hydrogen) atoms. The van der Waals surface area contributed by atoms with E-state index in [1.54, 1.807) is 0 Å². The Morgan fingerprint density at radius 2 is 1.76 bits per heavy atom. The Morgan fingerprint density at radius 1 is 0.970 bits per heavy atom. The van der Waals surface area contributed by atoms with Crippen molar-refractivity contribution in [2.24, 2.45) is 0 Å². The third kappa shape index (κ3) is 4.47. The van der Waals surface area contributed by atoms with Gasteiger partial charge >= 0.3 is 0 Å².